The summed E-state index contributed by atoms with van der Waals surface area (Å²) in [6.07, 6.45) is -0.756. The first kappa shape index (κ1) is 13.2. The average Bonchev–Trinajstić information content (AvgIpc) is 2.65. The van der Waals surface area contributed by atoms with E-state index in [9.17, 15) is 9.59 Å². The van der Waals surface area contributed by atoms with Gasteiger partial charge in [-0.3, -0.25) is 10.1 Å². The van der Waals surface area contributed by atoms with E-state index in [4.69, 9.17) is 17.3 Å². The number of hydrogen-bond donors (Lipinski definition) is 3. The number of rotatable bonds is 4. The van der Waals surface area contributed by atoms with Gasteiger partial charge in [0.2, 0.25) is 0 Å². The van der Waals surface area contributed by atoms with Crippen LogP contribution in [0.3, 0.4) is 0 Å². The minimum absolute atomic E-state index is 0.123. The normalized spacial score (nSPS) is 9.71. The van der Waals surface area contributed by atoms with Gasteiger partial charge in [-0.25, -0.2) is 4.79 Å². The predicted octanol–water partition coefficient (Wildman–Crippen LogP) is 1.06. The quantitative estimate of drug-likeness (QED) is 0.701. The van der Waals surface area contributed by atoms with Gasteiger partial charge in [0.1, 0.15) is 4.99 Å². The lowest BCUT2D eigenvalue weighted by molar-refractivity contribution is -0.136. The highest BCUT2D eigenvalue weighted by Gasteiger charge is 2.10. The second-order valence-corrected chi connectivity index (χ2v) is 3.55. The van der Waals surface area contributed by atoms with Gasteiger partial charge in [-0.05, 0) is 19.1 Å². The van der Waals surface area contributed by atoms with Crippen molar-refractivity contribution in [2.24, 2.45) is 0 Å². The molecule has 3 N–H and O–H groups in total. The number of alkyl carbamates (subject to hydrolysis) is 1. The lowest BCUT2D eigenvalue weighted by Crippen LogP contribution is -2.30. The molecule has 0 radical (unpaired) electrons. The molecule has 0 bridgehead atoms. The number of thiocarbonyl (C=S) groups is 1. The van der Waals surface area contributed by atoms with Crippen LogP contribution < -0.4 is 5.32 Å². The lowest BCUT2D eigenvalue weighted by Gasteiger charge is -2.04. The Morgan fingerprint density at radius 3 is 2.82 bits per heavy atom. The molecule has 1 aromatic heterocycles. The summed E-state index contributed by atoms with van der Waals surface area (Å²) in [4.78, 5) is 24.5. The molecule has 0 saturated heterocycles. The zero-order valence-corrected chi connectivity index (χ0v) is 9.97. The fourth-order valence-corrected chi connectivity index (χ4v) is 1.37. The maximum absolute atomic E-state index is 11.1. The van der Waals surface area contributed by atoms with Gasteiger partial charge in [0.05, 0.1) is 18.7 Å². The number of carboxylic acid groups (broad SMARTS) is 1. The number of carbonyl (C=O) groups excluding carboxylic acids is 1. The van der Waals surface area contributed by atoms with Crippen LogP contribution in [0, 0.1) is 0 Å². The minimum Gasteiger partial charge on any atom is -0.481 e. The Morgan fingerprint density at radius 1 is 1.53 bits per heavy atom. The van der Waals surface area contributed by atoms with Crippen molar-refractivity contribution < 1.29 is 19.4 Å². The summed E-state index contributed by atoms with van der Waals surface area (Å²) in [6.45, 7) is 1.94. The maximum Gasteiger partial charge on any atom is 0.412 e. The van der Waals surface area contributed by atoms with Crippen molar-refractivity contribution >= 4 is 29.3 Å². The molecule has 0 aliphatic carbocycles. The third-order valence-corrected chi connectivity index (χ3v) is 2.15. The number of nitrogens with one attached hydrogen (secondary N) is 2. The Bertz CT molecular complexity index is 441. The fraction of sp³-hybridized carbons (Fsp3) is 0.300. The molecule has 0 spiro atoms. The van der Waals surface area contributed by atoms with Crippen LogP contribution in [0.1, 0.15) is 18.3 Å². The Morgan fingerprint density at radius 2 is 2.24 bits per heavy atom. The van der Waals surface area contributed by atoms with E-state index in [0.29, 0.717) is 11.4 Å². The third kappa shape index (κ3) is 4.23. The van der Waals surface area contributed by atoms with Gasteiger partial charge in [-0.15, -0.1) is 0 Å². The van der Waals surface area contributed by atoms with Gasteiger partial charge >= 0.3 is 12.1 Å². The number of aromatic amines is 1. The van der Waals surface area contributed by atoms with Crippen molar-refractivity contribution in [1.29, 1.82) is 0 Å². The molecule has 6 nitrogen and oxygen atoms in total. The molecular weight excluding hydrogens is 244 g/mol. The monoisotopic (exact) mass is 256 g/mol. The van der Waals surface area contributed by atoms with Crippen LogP contribution in [0.4, 0.5) is 4.79 Å². The van der Waals surface area contributed by atoms with Crippen molar-refractivity contribution in [3.8, 4) is 0 Å². The summed E-state index contributed by atoms with van der Waals surface area (Å²) < 4.78 is 4.66. The first-order valence-corrected chi connectivity index (χ1v) is 5.31. The van der Waals surface area contributed by atoms with E-state index in [1.807, 2.05) is 0 Å². The highest BCUT2D eigenvalue weighted by molar-refractivity contribution is 7.80. The van der Waals surface area contributed by atoms with Crippen molar-refractivity contribution in [1.82, 2.24) is 10.3 Å². The molecule has 0 atom stereocenters. The number of hydrogen-bond acceptors (Lipinski definition) is 4. The minimum atomic E-state index is -0.942. The van der Waals surface area contributed by atoms with Crippen LogP contribution in [0.5, 0.6) is 0 Å². The molecule has 0 aliphatic rings. The van der Waals surface area contributed by atoms with Crippen molar-refractivity contribution in [3.05, 3.63) is 23.5 Å². The molecule has 1 aromatic rings. The molecule has 17 heavy (non-hydrogen) atoms. The summed E-state index contributed by atoms with van der Waals surface area (Å²) in [7, 11) is 0. The van der Waals surface area contributed by atoms with Crippen LogP contribution in [0.15, 0.2) is 12.1 Å². The van der Waals surface area contributed by atoms with Gasteiger partial charge in [0.15, 0.2) is 0 Å². The summed E-state index contributed by atoms with van der Waals surface area (Å²) >= 11 is 4.95. The third-order valence-electron chi connectivity index (χ3n) is 1.82. The second kappa shape index (κ2) is 6.00. The number of aliphatic carboxylic acids is 1. The van der Waals surface area contributed by atoms with Crippen LogP contribution in [-0.4, -0.2) is 33.7 Å². The number of H-pyrrole nitrogens is 1. The molecule has 0 aromatic carbocycles. The van der Waals surface area contributed by atoms with Gasteiger partial charge < -0.3 is 14.8 Å². The number of ether oxygens (including phenoxy) is 1. The van der Waals surface area contributed by atoms with Crippen molar-refractivity contribution in [3.63, 3.8) is 0 Å². The van der Waals surface area contributed by atoms with E-state index in [1.165, 1.54) is 0 Å². The highest BCUT2D eigenvalue weighted by Crippen LogP contribution is 2.03. The summed E-state index contributed by atoms with van der Waals surface area (Å²) in [6, 6.07) is 3.20. The number of amides is 1. The Labute approximate surface area is 103 Å². The maximum atomic E-state index is 11.1. The number of carboxylic acids is 1. The zero-order chi connectivity index (χ0) is 12.8. The van der Waals surface area contributed by atoms with Crippen molar-refractivity contribution in [2.75, 3.05) is 6.61 Å². The Balaban J connectivity index is 2.60. The Kier molecular flexibility index (Phi) is 4.65. The molecule has 1 rings (SSSR count). The van der Waals surface area contributed by atoms with E-state index >= 15 is 0 Å². The summed E-state index contributed by atoms with van der Waals surface area (Å²) in [5.41, 5.74) is 0.991. The highest BCUT2D eigenvalue weighted by atomic mass is 32.1. The molecular formula is C10H12N2O4S. The molecule has 0 aliphatic heterocycles. The van der Waals surface area contributed by atoms with Crippen LogP contribution in [0.2, 0.25) is 0 Å². The molecule has 0 saturated carbocycles. The van der Waals surface area contributed by atoms with Gasteiger partial charge in [-0.1, -0.05) is 12.2 Å². The zero-order valence-electron chi connectivity index (χ0n) is 9.15. The van der Waals surface area contributed by atoms with Gasteiger partial charge in [-0.2, -0.15) is 0 Å². The molecule has 7 heteroatoms. The smallest absolute Gasteiger partial charge is 0.412 e. The SMILES string of the molecule is CCOC(=O)NC(=S)c1ccc(CC(=O)O)[nH]1. The molecule has 92 valence electrons. The largest absolute Gasteiger partial charge is 0.481 e. The van der Waals surface area contributed by atoms with E-state index in [1.54, 1.807) is 19.1 Å². The average molecular weight is 256 g/mol. The van der Waals surface area contributed by atoms with E-state index in [2.05, 4.69) is 15.0 Å². The summed E-state index contributed by atoms with van der Waals surface area (Å²) in [5, 5.41) is 10.9. The van der Waals surface area contributed by atoms with Crippen molar-refractivity contribution in [2.45, 2.75) is 13.3 Å². The Hall–Kier alpha value is -1.89. The van der Waals surface area contributed by atoms with E-state index in [0.717, 1.165) is 0 Å². The number of carbonyl (C=O) groups is 2. The van der Waals surface area contributed by atoms with E-state index < -0.39 is 12.1 Å². The van der Waals surface area contributed by atoms with Gasteiger partial charge in [0.25, 0.3) is 0 Å². The standard InChI is InChI=1S/C10H12N2O4S/c1-2-16-10(15)12-9(17)7-4-3-6(11-7)5-8(13)14/h3-4,11H,2,5H2,1H3,(H,13,14)(H,12,15,17). The first-order chi connectivity index (χ1) is 8.02. The van der Waals surface area contributed by atoms with E-state index in [-0.39, 0.29) is 18.0 Å². The van der Waals surface area contributed by atoms with Crippen LogP contribution >= 0.6 is 12.2 Å². The topological polar surface area (TPSA) is 91.4 Å². The number of aromatic nitrogens is 1. The lowest BCUT2D eigenvalue weighted by atomic mass is 10.3. The van der Waals surface area contributed by atoms with Crippen LogP contribution in [-0.2, 0) is 16.0 Å². The first-order valence-electron chi connectivity index (χ1n) is 4.90. The summed E-state index contributed by atoms with van der Waals surface area (Å²) in [5.74, 6) is -0.942. The molecule has 0 fully saturated rings. The second-order valence-electron chi connectivity index (χ2n) is 3.14. The van der Waals surface area contributed by atoms with Gasteiger partial charge in [0, 0.05) is 5.69 Å². The fourth-order valence-electron chi connectivity index (χ4n) is 1.17. The predicted molar refractivity (Wildman–Crippen MR) is 64.0 cm³/mol. The van der Waals surface area contributed by atoms with Crippen LogP contribution in [0.25, 0.3) is 0 Å². The molecule has 1 heterocycles. The molecule has 0 unspecified atom stereocenters. The molecule has 1 amide bonds.